The number of anilines is 1. The molecule has 1 saturated heterocycles. The minimum absolute atomic E-state index is 0.000201. The molecule has 9 nitrogen and oxygen atoms in total. The van der Waals surface area contributed by atoms with Crippen LogP contribution in [0.15, 0.2) is 36.5 Å². The highest BCUT2D eigenvalue weighted by Gasteiger charge is 2.40. The molecule has 0 bridgehead atoms. The number of nitriles is 1. The Bertz CT molecular complexity index is 1020. The average Bonchev–Trinajstić information content (AvgIpc) is 3.56. The average molecular weight is 437 g/mol. The third kappa shape index (κ3) is 4.38. The summed E-state index contributed by atoms with van der Waals surface area (Å²) in [6, 6.07) is 12.0. The summed E-state index contributed by atoms with van der Waals surface area (Å²) >= 11 is 0. The number of carbonyl (C=O) groups is 2. The van der Waals surface area contributed by atoms with Crippen LogP contribution in [0.4, 0.5) is 5.82 Å². The summed E-state index contributed by atoms with van der Waals surface area (Å²) in [5, 5.41) is 26.8. The molecule has 2 aromatic rings. The Morgan fingerprint density at radius 2 is 1.97 bits per heavy atom. The summed E-state index contributed by atoms with van der Waals surface area (Å²) < 4.78 is 1.65. The second-order valence-electron chi connectivity index (χ2n) is 8.67. The molecule has 168 valence electrons. The van der Waals surface area contributed by atoms with Crippen LogP contribution < -0.4 is 11.1 Å². The molecule has 1 aromatic heterocycles. The number of likely N-dealkylation sites (tertiary alicyclic amines) is 1. The van der Waals surface area contributed by atoms with Crippen LogP contribution in [0.5, 0.6) is 0 Å². The lowest BCUT2D eigenvalue weighted by Crippen LogP contribution is -2.48. The Labute approximate surface area is 186 Å². The van der Waals surface area contributed by atoms with Gasteiger partial charge in [-0.15, -0.1) is 0 Å². The summed E-state index contributed by atoms with van der Waals surface area (Å²) in [5.41, 5.74) is 6.12. The highest BCUT2D eigenvalue weighted by Crippen LogP contribution is 2.37. The van der Waals surface area contributed by atoms with Gasteiger partial charge in [0.05, 0.1) is 30.7 Å². The van der Waals surface area contributed by atoms with Gasteiger partial charge in [0.2, 0.25) is 5.91 Å². The van der Waals surface area contributed by atoms with Crippen LogP contribution in [0, 0.1) is 17.2 Å². The van der Waals surface area contributed by atoms with E-state index in [1.54, 1.807) is 10.9 Å². The van der Waals surface area contributed by atoms with E-state index in [1.807, 2.05) is 30.3 Å². The second-order valence-corrected chi connectivity index (χ2v) is 8.67. The lowest BCUT2D eigenvalue weighted by molar-refractivity contribution is -0.117. The minimum Gasteiger partial charge on any atom is -0.394 e. The molecular weight excluding hydrogens is 408 g/mol. The van der Waals surface area contributed by atoms with Crippen molar-refractivity contribution in [1.82, 2.24) is 14.7 Å². The van der Waals surface area contributed by atoms with Crippen molar-refractivity contribution >= 4 is 17.6 Å². The predicted molar refractivity (Wildman–Crippen MR) is 117 cm³/mol. The summed E-state index contributed by atoms with van der Waals surface area (Å²) in [6.45, 7) is 1.30. The molecule has 1 saturated carbocycles. The van der Waals surface area contributed by atoms with E-state index in [2.05, 4.69) is 21.4 Å². The van der Waals surface area contributed by atoms with Crippen LogP contribution in [0.1, 0.15) is 54.1 Å². The van der Waals surface area contributed by atoms with Crippen molar-refractivity contribution < 1.29 is 14.7 Å². The number of aliphatic hydroxyl groups excluding tert-OH is 1. The summed E-state index contributed by atoms with van der Waals surface area (Å²) in [4.78, 5) is 26.4. The molecule has 32 heavy (non-hydrogen) atoms. The Hall–Kier alpha value is -3.22. The molecule has 2 aliphatic rings. The van der Waals surface area contributed by atoms with Crippen LogP contribution in [0.2, 0.25) is 0 Å². The summed E-state index contributed by atoms with van der Waals surface area (Å²) in [7, 11) is 0. The molecule has 0 radical (unpaired) electrons. The monoisotopic (exact) mass is 436 g/mol. The van der Waals surface area contributed by atoms with E-state index in [0.717, 1.165) is 18.4 Å². The van der Waals surface area contributed by atoms with Crippen molar-refractivity contribution in [3.63, 3.8) is 0 Å². The Balaban J connectivity index is 1.56. The van der Waals surface area contributed by atoms with E-state index in [9.17, 15) is 20.0 Å². The largest absolute Gasteiger partial charge is 0.394 e. The van der Waals surface area contributed by atoms with Crippen molar-refractivity contribution in [2.75, 3.05) is 25.0 Å². The Morgan fingerprint density at radius 3 is 2.53 bits per heavy atom. The first-order chi connectivity index (χ1) is 15.5. The van der Waals surface area contributed by atoms with E-state index in [-0.39, 0.29) is 42.3 Å². The number of amides is 2. The molecule has 9 heteroatoms. The third-order valence-corrected chi connectivity index (χ3v) is 6.59. The molecule has 1 unspecified atom stereocenters. The van der Waals surface area contributed by atoms with Crippen LogP contribution in [-0.2, 0) is 10.3 Å². The highest BCUT2D eigenvalue weighted by atomic mass is 16.3. The summed E-state index contributed by atoms with van der Waals surface area (Å²) in [6.07, 6.45) is 4.66. The Kier molecular flexibility index (Phi) is 6.26. The van der Waals surface area contributed by atoms with Crippen molar-refractivity contribution in [3.05, 3.63) is 47.7 Å². The zero-order chi connectivity index (χ0) is 22.7. The quantitative estimate of drug-likeness (QED) is 0.577. The van der Waals surface area contributed by atoms with E-state index >= 15 is 0 Å². The van der Waals surface area contributed by atoms with Gasteiger partial charge in [-0.3, -0.25) is 19.2 Å². The smallest absolute Gasteiger partial charge is 0.254 e. The normalized spacial score (nSPS) is 19.1. The van der Waals surface area contributed by atoms with Gasteiger partial charge < -0.3 is 16.2 Å². The molecular formula is C23H28N6O3. The minimum atomic E-state index is -0.670. The number of aromatic nitrogens is 2. The van der Waals surface area contributed by atoms with Crippen LogP contribution in [0.25, 0.3) is 0 Å². The lowest BCUT2D eigenvalue weighted by atomic mass is 9.84. The number of aliphatic hydroxyl groups is 1. The topological polar surface area (TPSA) is 137 Å². The maximum Gasteiger partial charge on any atom is 0.254 e. The number of benzene rings is 1. The van der Waals surface area contributed by atoms with Crippen molar-refractivity contribution in [1.29, 1.82) is 5.26 Å². The van der Waals surface area contributed by atoms with E-state index in [0.29, 0.717) is 25.9 Å². The van der Waals surface area contributed by atoms with E-state index in [4.69, 9.17) is 5.73 Å². The fourth-order valence-electron chi connectivity index (χ4n) is 4.45. The van der Waals surface area contributed by atoms with Gasteiger partial charge in [-0.2, -0.15) is 10.4 Å². The van der Waals surface area contributed by atoms with Crippen LogP contribution >= 0.6 is 0 Å². The number of nitrogens with two attached hydrogens (primary N) is 1. The van der Waals surface area contributed by atoms with Crippen molar-refractivity contribution in [3.8, 4) is 6.07 Å². The van der Waals surface area contributed by atoms with Gasteiger partial charge in [-0.25, -0.2) is 0 Å². The maximum absolute atomic E-state index is 12.2. The van der Waals surface area contributed by atoms with Crippen LogP contribution in [0.3, 0.4) is 0 Å². The lowest BCUT2D eigenvalue weighted by Gasteiger charge is -2.43. The molecule has 2 fully saturated rings. The first-order valence-corrected chi connectivity index (χ1v) is 10.9. The molecule has 1 aliphatic carbocycles. The SMILES string of the molecule is N#CCC1(n2cc(C(N)=O)c(NC(=O)C3CC3)n2)CCN(C(CO)c2ccccc2)CC1. The molecule has 2 amide bonds. The fourth-order valence-corrected chi connectivity index (χ4v) is 4.45. The number of hydrogen-bond donors (Lipinski definition) is 3. The van der Waals surface area contributed by atoms with Gasteiger partial charge in [0, 0.05) is 25.2 Å². The first kappa shape index (κ1) is 22.0. The van der Waals surface area contributed by atoms with Gasteiger partial charge in [-0.05, 0) is 31.2 Å². The van der Waals surface area contributed by atoms with Crippen molar-refractivity contribution in [2.45, 2.75) is 43.7 Å². The fraction of sp³-hybridized carbons (Fsp3) is 0.478. The molecule has 2 heterocycles. The molecule has 1 aliphatic heterocycles. The number of nitrogens with one attached hydrogen (secondary N) is 1. The van der Waals surface area contributed by atoms with Crippen LogP contribution in [-0.4, -0.2) is 51.3 Å². The van der Waals surface area contributed by atoms with E-state index in [1.165, 1.54) is 0 Å². The molecule has 4 rings (SSSR count). The summed E-state index contributed by atoms with van der Waals surface area (Å²) in [5.74, 6) is -0.705. The second kappa shape index (κ2) is 9.10. The zero-order valence-electron chi connectivity index (χ0n) is 17.9. The molecule has 4 N–H and O–H groups in total. The van der Waals surface area contributed by atoms with Gasteiger partial charge in [0.1, 0.15) is 5.56 Å². The third-order valence-electron chi connectivity index (χ3n) is 6.59. The predicted octanol–water partition coefficient (Wildman–Crippen LogP) is 1.77. The number of nitrogens with zero attached hydrogens (tertiary/aromatic N) is 4. The van der Waals surface area contributed by atoms with Gasteiger partial charge >= 0.3 is 0 Å². The number of piperidine rings is 1. The maximum atomic E-state index is 12.2. The van der Waals surface area contributed by atoms with Gasteiger partial charge in [0.25, 0.3) is 5.91 Å². The molecule has 1 atom stereocenters. The Morgan fingerprint density at radius 1 is 1.28 bits per heavy atom. The molecule has 0 spiro atoms. The number of primary amides is 1. The number of carbonyl (C=O) groups excluding carboxylic acids is 2. The molecule has 1 aromatic carbocycles. The van der Waals surface area contributed by atoms with E-state index < -0.39 is 11.4 Å². The number of hydrogen-bond acceptors (Lipinski definition) is 6. The number of rotatable bonds is 8. The van der Waals surface area contributed by atoms with Gasteiger partial charge in [-0.1, -0.05) is 30.3 Å². The highest BCUT2D eigenvalue weighted by molar-refractivity contribution is 6.02. The zero-order valence-corrected chi connectivity index (χ0v) is 17.9. The van der Waals surface area contributed by atoms with Gasteiger partial charge in [0.15, 0.2) is 5.82 Å². The first-order valence-electron chi connectivity index (χ1n) is 10.9. The standard InChI is InChI=1S/C23H28N6O3/c24-11-8-23(9-12-28(13-10-23)19(15-30)16-4-2-1-3-5-16)29-14-18(20(25)31)21(27-29)26-22(32)17-6-7-17/h1-5,14,17,19,30H,6-10,12-13,15H2,(H2,25,31)(H,26,27,32). The van der Waals surface area contributed by atoms with Crippen molar-refractivity contribution in [2.24, 2.45) is 11.7 Å².